The molecule has 0 unspecified atom stereocenters. The largest absolute Gasteiger partial charge is 0.469 e. The second kappa shape index (κ2) is 6.89. The Morgan fingerprint density at radius 1 is 1.29 bits per heavy atom. The number of furan rings is 1. The highest BCUT2D eigenvalue weighted by Crippen LogP contribution is 2.30. The number of fused-ring (bicyclic) bond motifs is 3. The van der Waals surface area contributed by atoms with Crippen molar-refractivity contribution in [1.29, 1.82) is 0 Å². The van der Waals surface area contributed by atoms with Gasteiger partial charge < -0.3 is 8.98 Å². The van der Waals surface area contributed by atoms with Crippen molar-refractivity contribution in [3.05, 3.63) is 50.8 Å². The lowest BCUT2D eigenvalue weighted by molar-refractivity contribution is 0.534. The Kier molecular flexibility index (Phi) is 4.36. The van der Waals surface area contributed by atoms with E-state index in [1.807, 2.05) is 24.6 Å². The lowest BCUT2D eigenvalue weighted by Crippen LogP contribution is -2.17. The van der Waals surface area contributed by atoms with Crippen molar-refractivity contribution in [2.75, 3.05) is 0 Å². The lowest BCUT2D eigenvalue weighted by Gasteiger charge is -2.10. The zero-order valence-electron chi connectivity index (χ0n) is 15.6. The Morgan fingerprint density at radius 2 is 2.14 bits per heavy atom. The van der Waals surface area contributed by atoms with Gasteiger partial charge in [0.05, 0.1) is 17.5 Å². The summed E-state index contributed by atoms with van der Waals surface area (Å²) >= 11 is 3.18. The normalized spacial score (nSPS) is 13.9. The van der Waals surface area contributed by atoms with E-state index in [0.29, 0.717) is 5.75 Å². The van der Waals surface area contributed by atoms with E-state index in [2.05, 4.69) is 10.2 Å². The summed E-state index contributed by atoms with van der Waals surface area (Å²) < 4.78 is 9.11. The van der Waals surface area contributed by atoms with Gasteiger partial charge in [-0.05, 0) is 38.7 Å². The maximum Gasteiger partial charge on any atom is 0.259 e. The summed E-state index contributed by atoms with van der Waals surface area (Å²) in [4.78, 5) is 19.6. The van der Waals surface area contributed by atoms with Crippen molar-refractivity contribution < 1.29 is 4.42 Å². The second-order valence-corrected chi connectivity index (χ2v) is 8.93. The molecule has 0 amide bonds. The minimum absolute atomic E-state index is 0.0210. The molecule has 4 heterocycles. The highest BCUT2D eigenvalue weighted by atomic mass is 32.2. The number of nitrogens with zero attached hydrogens (tertiary/aromatic N) is 5. The van der Waals surface area contributed by atoms with E-state index in [1.165, 1.54) is 23.1 Å². The first-order valence-corrected chi connectivity index (χ1v) is 11.0. The molecule has 1 aliphatic rings. The molecule has 9 heteroatoms. The van der Waals surface area contributed by atoms with Gasteiger partial charge in [0.1, 0.15) is 5.76 Å². The Labute approximate surface area is 169 Å². The molecule has 0 aliphatic heterocycles. The SMILES string of the molecule is Cc1occc1-c1nnc(SCc2cc(=O)n3c4c(sc3n2)CCCC4)n1C. The van der Waals surface area contributed by atoms with Crippen LogP contribution in [0, 0.1) is 6.92 Å². The molecule has 0 fully saturated rings. The molecule has 4 aromatic heterocycles. The summed E-state index contributed by atoms with van der Waals surface area (Å²) in [6.07, 6.45) is 6.02. The van der Waals surface area contributed by atoms with Crippen LogP contribution in [0.15, 0.2) is 32.8 Å². The number of hydrogen-bond donors (Lipinski definition) is 0. The van der Waals surface area contributed by atoms with Crippen LogP contribution in [0.1, 0.15) is 34.9 Å². The highest BCUT2D eigenvalue weighted by Gasteiger charge is 2.19. The van der Waals surface area contributed by atoms with Gasteiger partial charge in [0.2, 0.25) is 0 Å². The molecular weight excluding hydrogens is 394 g/mol. The third-order valence-electron chi connectivity index (χ3n) is 5.10. The Bertz CT molecular complexity index is 1230. The Balaban J connectivity index is 1.42. The second-order valence-electron chi connectivity index (χ2n) is 6.93. The van der Waals surface area contributed by atoms with E-state index in [1.54, 1.807) is 28.1 Å². The summed E-state index contributed by atoms with van der Waals surface area (Å²) in [5.41, 5.74) is 2.89. The Hall–Kier alpha value is -2.39. The lowest BCUT2D eigenvalue weighted by atomic mass is 10.0. The van der Waals surface area contributed by atoms with Crippen LogP contribution in [0.25, 0.3) is 16.3 Å². The van der Waals surface area contributed by atoms with E-state index in [9.17, 15) is 4.79 Å². The topological polar surface area (TPSA) is 78.2 Å². The van der Waals surface area contributed by atoms with Crippen molar-refractivity contribution >= 4 is 28.1 Å². The van der Waals surface area contributed by atoms with Gasteiger partial charge in [0.25, 0.3) is 5.56 Å². The number of aryl methyl sites for hydroxylation is 3. The van der Waals surface area contributed by atoms with Crippen LogP contribution in [0.2, 0.25) is 0 Å². The minimum atomic E-state index is 0.0210. The molecule has 0 spiro atoms. The van der Waals surface area contributed by atoms with Crippen molar-refractivity contribution in [1.82, 2.24) is 24.1 Å². The van der Waals surface area contributed by atoms with E-state index in [0.717, 1.165) is 57.9 Å². The van der Waals surface area contributed by atoms with Gasteiger partial charge in [-0.2, -0.15) is 0 Å². The van der Waals surface area contributed by atoms with Crippen molar-refractivity contribution in [2.45, 2.75) is 43.5 Å². The van der Waals surface area contributed by atoms with Gasteiger partial charge >= 0.3 is 0 Å². The van der Waals surface area contributed by atoms with Gasteiger partial charge in [-0.25, -0.2) is 4.98 Å². The van der Waals surface area contributed by atoms with E-state index in [4.69, 9.17) is 9.40 Å². The van der Waals surface area contributed by atoms with Crippen LogP contribution < -0.4 is 5.56 Å². The molecule has 28 heavy (non-hydrogen) atoms. The van der Waals surface area contributed by atoms with Gasteiger partial charge in [-0.15, -0.1) is 21.5 Å². The van der Waals surface area contributed by atoms with E-state index in [-0.39, 0.29) is 5.56 Å². The maximum atomic E-state index is 12.7. The summed E-state index contributed by atoms with van der Waals surface area (Å²) in [5, 5.41) is 9.36. The predicted molar refractivity (Wildman–Crippen MR) is 109 cm³/mol. The summed E-state index contributed by atoms with van der Waals surface area (Å²) in [6.45, 7) is 1.91. The first-order chi connectivity index (χ1) is 13.6. The van der Waals surface area contributed by atoms with Crippen LogP contribution in [0.4, 0.5) is 0 Å². The fourth-order valence-electron chi connectivity index (χ4n) is 3.65. The standard InChI is InChI=1S/C19H19N5O2S2/c1-11-13(7-8-26-11)17-21-22-19(23(17)2)27-10-12-9-16(25)24-14-5-3-4-6-15(14)28-18(24)20-12/h7-9H,3-6,10H2,1-2H3. The van der Waals surface area contributed by atoms with Crippen LogP contribution in [-0.2, 0) is 25.6 Å². The molecule has 5 rings (SSSR count). The predicted octanol–water partition coefficient (Wildman–Crippen LogP) is 3.62. The number of rotatable bonds is 4. The van der Waals surface area contributed by atoms with Crippen LogP contribution >= 0.6 is 23.1 Å². The monoisotopic (exact) mass is 413 g/mol. The fourth-order valence-corrected chi connectivity index (χ4v) is 5.68. The minimum Gasteiger partial charge on any atom is -0.469 e. The van der Waals surface area contributed by atoms with Gasteiger partial charge in [-0.3, -0.25) is 9.20 Å². The van der Waals surface area contributed by atoms with Crippen LogP contribution in [-0.4, -0.2) is 24.1 Å². The average Bonchev–Trinajstić information content (AvgIpc) is 3.36. The van der Waals surface area contributed by atoms with Crippen molar-refractivity contribution in [2.24, 2.45) is 7.05 Å². The number of thioether (sulfide) groups is 1. The van der Waals surface area contributed by atoms with Gasteiger partial charge in [0, 0.05) is 29.4 Å². The molecule has 7 nitrogen and oxygen atoms in total. The zero-order valence-corrected chi connectivity index (χ0v) is 17.3. The summed E-state index contributed by atoms with van der Waals surface area (Å²) in [5.74, 6) is 2.15. The Morgan fingerprint density at radius 3 is 2.96 bits per heavy atom. The van der Waals surface area contributed by atoms with Crippen molar-refractivity contribution in [3.8, 4) is 11.4 Å². The molecule has 0 saturated carbocycles. The van der Waals surface area contributed by atoms with E-state index >= 15 is 0 Å². The number of aromatic nitrogens is 5. The number of thiazole rings is 1. The van der Waals surface area contributed by atoms with Gasteiger partial charge in [-0.1, -0.05) is 11.8 Å². The molecule has 0 N–H and O–H groups in total. The molecule has 0 radical (unpaired) electrons. The zero-order chi connectivity index (χ0) is 19.3. The summed E-state index contributed by atoms with van der Waals surface area (Å²) in [6, 6.07) is 3.54. The van der Waals surface area contributed by atoms with Gasteiger partial charge in [0.15, 0.2) is 15.9 Å². The third-order valence-corrected chi connectivity index (χ3v) is 7.29. The average molecular weight is 414 g/mol. The van der Waals surface area contributed by atoms with Crippen LogP contribution in [0.3, 0.4) is 0 Å². The fraction of sp³-hybridized carbons (Fsp3) is 0.368. The molecular formula is C19H19N5O2S2. The third kappa shape index (κ3) is 2.89. The molecule has 0 aromatic carbocycles. The summed E-state index contributed by atoms with van der Waals surface area (Å²) in [7, 11) is 1.93. The first kappa shape index (κ1) is 17.7. The molecule has 144 valence electrons. The first-order valence-electron chi connectivity index (χ1n) is 9.21. The molecule has 4 aromatic rings. The van der Waals surface area contributed by atoms with Crippen LogP contribution in [0.5, 0.6) is 0 Å². The molecule has 0 bridgehead atoms. The smallest absolute Gasteiger partial charge is 0.259 e. The maximum absolute atomic E-state index is 12.7. The molecule has 1 aliphatic carbocycles. The molecule has 0 saturated heterocycles. The van der Waals surface area contributed by atoms with E-state index < -0.39 is 0 Å². The quantitative estimate of drug-likeness (QED) is 0.476. The highest BCUT2D eigenvalue weighted by molar-refractivity contribution is 7.98. The number of hydrogen-bond acceptors (Lipinski definition) is 7. The molecule has 0 atom stereocenters. The van der Waals surface area contributed by atoms with Crippen molar-refractivity contribution in [3.63, 3.8) is 0 Å².